The number of carbonyl (C=O) groups excluding carboxylic acids is 1. The molecule has 0 unspecified atom stereocenters. The molecular formula is C15H17N5OS. The number of aromatic nitrogens is 1. The number of hydrogen-bond acceptors (Lipinski definition) is 6. The molecule has 0 saturated carbocycles. The van der Waals surface area contributed by atoms with E-state index >= 15 is 0 Å². The molecule has 0 aliphatic carbocycles. The van der Waals surface area contributed by atoms with Crippen LogP contribution >= 0.6 is 11.3 Å². The first-order chi connectivity index (χ1) is 10.4. The van der Waals surface area contributed by atoms with Gasteiger partial charge in [0.1, 0.15) is 21.6 Å². The van der Waals surface area contributed by atoms with E-state index in [2.05, 4.69) is 22.9 Å². The van der Waals surface area contributed by atoms with Gasteiger partial charge in [-0.2, -0.15) is 5.26 Å². The van der Waals surface area contributed by atoms with E-state index in [-0.39, 0.29) is 17.6 Å². The molecule has 1 amide bonds. The minimum absolute atomic E-state index is 0.0310. The van der Waals surface area contributed by atoms with Crippen molar-refractivity contribution >= 4 is 39.0 Å². The van der Waals surface area contributed by atoms with Crippen LogP contribution in [0.2, 0.25) is 0 Å². The highest BCUT2D eigenvalue weighted by Gasteiger charge is 2.24. The molecule has 0 fully saturated rings. The molecule has 114 valence electrons. The third-order valence-electron chi connectivity index (χ3n) is 3.25. The lowest BCUT2D eigenvalue weighted by atomic mass is 9.95. The number of fused-ring (bicyclic) bond motifs is 1. The lowest BCUT2D eigenvalue weighted by Gasteiger charge is -2.12. The van der Waals surface area contributed by atoms with E-state index in [1.807, 2.05) is 13.8 Å². The van der Waals surface area contributed by atoms with Gasteiger partial charge >= 0.3 is 0 Å². The molecule has 2 rings (SSSR count). The van der Waals surface area contributed by atoms with Gasteiger partial charge in [-0.3, -0.25) is 4.79 Å². The Bertz CT molecular complexity index is 801. The number of nitrogens with one attached hydrogen (secondary N) is 1. The van der Waals surface area contributed by atoms with E-state index in [1.54, 1.807) is 6.08 Å². The molecule has 0 aliphatic rings. The third kappa shape index (κ3) is 2.49. The average Bonchev–Trinajstić information content (AvgIpc) is 2.79. The van der Waals surface area contributed by atoms with Crippen LogP contribution in [0.15, 0.2) is 12.7 Å². The van der Waals surface area contributed by atoms with Crippen LogP contribution in [-0.2, 0) is 0 Å². The molecule has 0 aromatic carbocycles. The number of nitrogens with two attached hydrogens (primary N) is 2. The van der Waals surface area contributed by atoms with E-state index in [9.17, 15) is 10.1 Å². The standard InChI is InChI=1S/C15H17N5OS/c1-4-5-19-14(21)12-11(17)10-9(7(2)3)8(6-16)13(18)20-15(10)22-12/h4,7H,1,5,17H2,2-3H3,(H2,18,20)(H,19,21). The second-order valence-electron chi connectivity index (χ2n) is 5.08. The fourth-order valence-corrected chi connectivity index (χ4v) is 3.34. The van der Waals surface area contributed by atoms with Crippen LogP contribution < -0.4 is 16.8 Å². The van der Waals surface area contributed by atoms with Crippen LogP contribution in [-0.4, -0.2) is 17.4 Å². The number of nitrogens with zero attached hydrogens (tertiary/aromatic N) is 2. The molecule has 22 heavy (non-hydrogen) atoms. The Morgan fingerprint density at radius 2 is 2.23 bits per heavy atom. The van der Waals surface area contributed by atoms with Crippen molar-refractivity contribution in [1.82, 2.24) is 10.3 Å². The van der Waals surface area contributed by atoms with Crippen LogP contribution in [0.1, 0.15) is 40.6 Å². The third-order valence-corrected chi connectivity index (χ3v) is 4.34. The predicted molar refractivity (Wildman–Crippen MR) is 89.8 cm³/mol. The van der Waals surface area contributed by atoms with Crippen LogP contribution in [0.25, 0.3) is 10.2 Å². The summed E-state index contributed by atoms with van der Waals surface area (Å²) in [5.41, 5.74) is 13.4. The second-order valence-corrected chi connectivity index (χ2v) is 6.08. The van der Waals surface area contributed by atoms with Gasteiger partial charge in [-0.05, 0) is 11.5 Å². The summed E-state index contributed by atoms with van der Waals surface area (Å²) < 4.78 is 0. The molecule has 0 atom stereocenters. The summed E-state index contributed by atoms with van der Waals surface area (Å²) >= 11 is 1.18. The number of rotatable bonds is 4. The SMILES string of the molecule is C=CCNC(=O)c1sc2nc(N)c(C#N)c(C(C)C)c2c1N. The molecule has 2 aromatic rings. The quantitative estimate of drug-likeness (QED) is 0.749. The monoisotopic (exact) mass is 315 g/mol. The molecule has 2 aromatic heterocycles. The predicted octanol–water partition coefficient (Wildman–Crippen LogP) is 2.37. The first-order valence-corrected chi connectivity index (χ1v) is 7.54. The zero-order valence-corrected chi connectivity index (χ0v) is 13.3. The van der Waals surface area contributed by atoms with Crippen LogP contribution in [0.5, 0.6) is 0 Å². The normalized spacial score (nSPS) is 10.6. The maximum Gasteiger partial charge on any atom is 0.263 e. The van der Waals surface area contributed by atoms with Gasteiger partial charge in [0.05, 0.1) is 11.3 Å². The van der Waals surface area contributed by atoms with Crippen molar-refractivity contribution in [3.05, 3.63) is 28.7 Å². The number of thiophene rings is 1. The molecule has 0 bridgehead atoms. The largest absolute Gasteiger partial charge is 0.397 e. The Morgan fingerprint density at radius 3 is 2.77 bits per heavy atom. The summed E-state index contributed by atoms with van der Waals surface area (Å²) in [6.07, 6.45) is 1.59. The Balaban J connectivity index is 2.75. The van der Waals surface area contributed by atoms with E-state index in [4.69, 9.17) is 11.5 Å². The highest BCUT2D eigenvalue weighted by atomic mass is 32.1. The molecule has 7 heteroatoms. The Morgan fingerprint density at radius 1 is 1.55 bits per heavy atom. The van der Waals surface area contributed by atoms with Gasteiger partial charge in [-0.25, -0.2) is 4.98 Å². The number of pyridine rings is 1. The van der Waals surface area contributed by atoms with Crippen molar-refractivity contribution < 1.29 is 4.79 Å². The molecule has 0 spiro atoms. The highest BCUT2D eigenvalue weighted by Crippen LogP contribution is 2.40. The van der Waals surface area contributed by atoms with Gasteiger partial charge in [0.2, 0.25) is 0 Å². The summed E-state index contributed by atoms with van der Waals surface area (Å²) in [5.74, 6) is -0.0892. The van der Waals surface area contributed by atoms with Crippen LogP contribution in [0, 0.1) is 11.3 Å². The summed E-state index contributed by atoms with van der Waals surface area (Å²) in [6, 6.07) is 2.09. The minimum atomic E-state index is -0.285. The lowest BCUT2D eigenvalue weighted by Crippen LogP contribution is -2.22. The van der Waals surface area contributed by atoms with Gasteiger partial charge in [-0.1, -0.05) is 19.9 Å². The average molecular weight is 315 g/mol. The second kappa shape index (κ2) is 6.03. The summed E-state index contributed by atoms with van der Waals surface area (Å²) in [5, 5.41) is 12.7. The fourth-order valence-electron chi connectivity index (χ4n) is 2.31. The summed E-state index contributed by atoms with van der Waals surface area (Å²) in [6.45, 7) is 7.80. The van der Waals surface area contributed by atoms with Gasteiger partial charge < -0.3 is 16.8 Å². The Hall–Kier alpha value is -2.59. The lowest BCUT2D eigenvalue weighted by molar-refractivity contribution is 0.0963. The van der Waals surface area contributed by atoms with Crippen molar-refractivity contribution in [1.29, 1.82) is 5.26 Å². The van der Waals surface area contributed by atoms with E-state index in [0.717, 1.165) is 5.56 Å². The first-order valence-electron chi connectivity index (χ1n) is 6.72. The van der Waals surface area contributed by atoms with Crippen molar-refractivity contribution in [3.8, 4) is 6.07 Å². The van der Waals surface area contributed by atoms with Crippen molar-refractivity contribution in [3.63, 3.8) is 0 Å². The van der Waals surface area contributed by atoms with Crippen molar-refractivity contribution in [2.45, 2.75) is 19.8 Å². The number of carbonyl (C=O) groups is 1. The van der Waals surface area contributed by atoms with Gasteiger partial charge in [0, 0.05) is 11.9 Å². The highest BCUT2D eigenvalue weighted by molar-refractivity contribution is 7.21. The molecule has 2 heterocycles. The topological polar surface area (TPSA) is 118 Å². The Labute approximate surface area is 132 Å². The molecule has 0 saturated heterocycles. The molecule has 0 radical (unpaired) electrons. The van der Waals surface area contributed by atoms with Crippen LogP contribution in [0.4, 0.5) is 11.5 Å². The molecular weight excluding hydrogens is 298 g/mol. The van der Waals surface area contributed by atoms with E-state index in [0.29, 0.717) is 32.9 Å². The first kappa shape index (κ1) is 15.8. The zero-order chi connectivity index (χ0) is 16.4. The van der Waals surface area contributed by atoms with Crippen molar-refractivity contribution in [2.75, 3.05) is 18.0 Å². The number of amides is 1. The Kier molecular flexibility index (Phi) is 4.33. The maximum atomic E-state index is 12.2. The van der Waals surface area contributed by atoms with E-state index in [1.165, 1.54) is 11.3 Å². The molecule has 6 nitrogen and oxygen atoms in total. The molecule has 5 N–H and O–H groups in total. The summed E-state index contributed by atoms with van der Waals surface area (Å²) in [4.78, 5) is 17.3. The smallest absolute Gasteiger partial charge is 0.263 e. The van der Waals surface area contributed by atoms with E-state index < -0.39 is 0 Å². The zero-order valence-electron chi connectivity index (χ0n) is 12.4. The number of nitrogen functional groups attached to an aromatic ring is 2. The number of anilines is 2. The number of nitriles is 1. The van der Waals surface area contributed by atoms with Gasteiger partial charge in [0.15, 0.2) is 0 Å². The minimum Gasteiger partial charge on any atom is -0.397 e. The maximum absolute atomic E-state index is 12.2. The van der Waals surface area contributed by atoms with Crippen molar-refractivity contribution in [2.24, 2.45) is 0 Å². The van der Waals surface area contributed by atoms with Gasteiger partial charge in [-0.15, -0.1) is 17.9 Å². The fraction of sp³-hybridized carbons (Fsp3) is 0.267. The number of hydrogen-bond donors (Lipinski definition) is 3. The van der Waals surface area contributed by atoms with Crippen LogP contribution in [0.3, 0.4) is 0 Å². The molecule has 0 aliphatic heterocycles. The summed E-state index contributed by atoms with van der Waals surface area (Å²) in [7, 11) is 0. The van der Waals surface area contributed by atoms with Gasteiger partial charge in [0.25, 0.3) is 5.91 Å².